The minimum atomic E-state index is -0.204. The van der Waals surface area contributed by atoms with Gasteiger partial charge in [0, 0.05) is 11.3 Å². The van der Waals surface area contributed by atoms with E-state index in [0.29, 0.717) is 17.1 Å². The van der Waals surface area contributed by atoms with Crippen LogP contribution in [-0.2, 0) is 6.54 Å². The molecular weight excluding hydrogens is 208 g/mol. The van der Waals surface area contributed by atoms with Gasteiger partial charge < -0.3 is 15.6 Å². The zero-order valence-electron chi connectivity index (χ0n) is 8.38. The number of aromatic nitrogens is 2. The van der Waals surface area contributed by atoms with Crippen LogP contribution in [0.25, 0.3) is 0 Å². The minimum Gasteiger partial charge on any atom is -0.399 e. The molecular formula is C10H10N4O2. The maximum atomic E-state index is 11.6. The van der Waals surface area contributed by atoms with Crippen LogP contribution >= 0.6 is 0 Å². The third kappa shape index (κ3) is 2.35. The fourth-order valence-corrected chi connectivity index (χ4v) is 1.17. The number of carbonyl (C=O) groups excluding carboxylic acids is 1. The molecule has 1 heterocycles. The molecule has 6 nitrogen and oxygen atoms in total. The molecule has 0 fully saturated rings. The van der Waals surface area contributed by atoms with E-state index in [1.165, 1.54) is 6.39 Å². The lowest BCUT2D eigenvalue weighted by atomic mass is 10.2. The number of anilines is 1. The van der Waals surface area contributed by atoms with E-state index in [4.69, 9.17) is 5.73 Å². The van der Waals surface area contributed by atoms with Gasteiger partial charge in [-0.1, -0.05) is 5.16 Å². The van der Waals surface area contributed by atoms with Gasteiger partial charge in [-0.15, -0.1) is 0 Å². The van der Waals surface area contributed by atoms with Crippen molar-refractivity contribution in [3.05, 3.63) is 42.0 Å². The number of hydrogen-bond donors (Lipinski definition) is 2. The molecule has 0 aliphatic carbocycles. The highest BCUT2D eigenvalue weighted by molar-refractivity contribution is 5.94. The summed E-state index contributed by atoms with van der Waals surface area (Å²) in [5.74, 6) is 0.230. The Bertz CT molecular complexity index is 464. The van der Waals surface area contributed by atoms with E-state index in [2.05, 4.69) is 20.0 Å². The predicted molar refractivity (Wildman–Crippen MR) is 56.3 cm³/mol. The first-order valence-electron chi connectivity index (χ1n) is 4.64. The van der Waals surface area contributed by atoms with Crippen molar-refractivity contribution >= 4 is 11.6 Å². The molecule has 0 aliphatic rings. The number of amides is 1. The van der Waals surface area contributed by atoms with E-state index < -0.39 is 0 Å². The van der Waals surface area contributed by atoms with Crippen LogP contribution in [0.3, 0.4) is 0 Å². The summed E-state index contributed by atoms with van der Waals surface area (Å²) in [6.07, 6.45) is 1.21. The zero-order chi connectivity index (χ0) is 11.4. The van der Waals surface area contributed by atoms with Crippen molar-refractivity contribution in [3.63, 3.8) is 0 Å². The summed E-state index contributed by atoms with van der Waals surface area (Å²) in [4.78, 5) is 15.4. The third-order valence-electron chi connectivity index (χ3n) is 1.99. The van der Waals surface area contributed by atoms with Crippen LogP contribution in [0, 0.1) is 0 Å². The molecule has 0 saturated heterocycles. The molecule has 82 valence electrons. The van der Waals surface area contributed by atoms with Crippen LogP contribution in [0.5, 0.6) is 0 Å². The Kier molecular flexibility index (Phi) is 2.81. The molecule has 1 aromatic heterocycles. The highest BCUT2D eigenvalue weighted by Gasteiger charge is 2.06. The van der Waals surface area contributed by atoms with Crippen molar-refractivity contribution in [1.82, 2.24) is 15.5 Å². The molecule has 2 rings (SSSR count). The number of nitrogen functional groups attached to an aromatic ring is 1. The average molecular weight is 218 g/mol. The van der Waals surface area contributed by atoms with E-state index in [-0.39, 0.29) is 12.5 Å². The minimum absolute atomic E-state index is 0.204. The van der Waals surface area contributed by atoms with Crippen LogP contribution in [0.4, 0.5) is 5.69 Å². The van der Waals surface area contributed by atoms with Crippen molar-refractivity contribution in [2.75, 3.05) is 5.73 Å². The molecule has 16 heavy (non-hydrogen) atoms. The second kappa shape index (κ2) is 4.43. The SMILES string of the molecule is Nc1ccc(C(=O)NCc2ncon2)cc1. The summed E-state index contributed by atoms with van der Waals surface area (Å²) in [5.41, 5.74) is 6.67. The van der Waals surface area contributed by atoms with Gasteiger partial charge in [0.2, 0.25) is 6.39 Å². The van der Waals surface area contributed by atoms with Crippen molar-refractivity contribution in [3.8, 4) is 0 Å². The van der Waals surface area contributed by atoms with Crippen LogP contribution in [-0.4, -0.2) is 16.0 Å². The zero-order valence-corrected chi connectivity index (χ0v) is 8.38. The monoisotopic (exact) mass is 218 g/mol. The Morgan fingerprint density at radius 1 is 1.38 bits per heavy atom. The van der Waals surface area contributed by atoms with Gasteiger partial charge in [-0.05, 0) is 24.3 Å². The lowest BCUT2D eigenvalue weighted by Gasteiger charge is -2.02. The molecule has 0 spiro atoms. The highest BCUT2D eigenvalue weighted by atomic mass is 16.5. The molecule has 0 atom stereocenters. The van der Waals surface area contributed by atoms with E-state index in [1.807, 2.05) is 0 Å². The number of rotatable bonds is 3. The van der Waals surface area contributed by atoms with Gasteiger partial charge in [0.05, 0.1) is 6.54 Å². The largest absolute Gasteiger partial charge is 0.399 e. The number of nitrogens with zero attached hydrogens (tertiary/aromatic N) is 2. The van der Waals surface area contributed by atoms with Gasteiger partial charge >= 0.3 is 0 Å². The Labute approximate surface area is 91.5 Å². The number of benzene rings is 1. The molecule has 0 saturated carbocycles. The summed E-state index contributed by atoms with van der Waals surface area (Å²) in [5, 5.41) is 6.23. The van der Waals surface area contributed by atoms with Crippen molar-refractivity contribution in [2.45, 2.75) is 6.54 Å². The maximum absolute atomic E-state index is 11.6. The Morgan fingerprint density at radius 2 is 2.12 bits per heavy atom. The highest BCUT2D eigenvalue weighted by Crippen LogP contribution is 2.05. The first-order chi connectivity index (χ1) is 7.75. The lowest BCUT2D eigenvalue weighted by Crippen LogP contribution is -2.23. The number of hydrogen-bond acceptors (Lipinski definition) is 5. The quantitative estimate of drug-likeness (QED) is 0.735. The average Bonchev–Trinajstić information content (AvgIpc) is 2.80. The van der Waals surface area contributed by atoms with Crippen LogP contribution in [0.2, 0.25) is 0 Å². The van der Waals surface area contributed by atoms with Gasteiger partial charge in [0.1, 0.15) is 0 Å². The summed E-state index contributed by atoms with van der Waals surface area (Å²) in [7, 11) is 0. The predicted octanol–water partition coefficient (Wildman–Crippen LogP) is 0.582. The van der Waals surface area contributed by atoms with Crippen molar-refractivity contribution in [1.29, 1.82) is 0 Å². The molecule has 0 bridgehead atoms. The van der Waals surface area contributed by atoms with E-state index in [1.54, 1.807) is 24.3 Å². The number of carbonyl (C=O) groups is 1. The second-order valence-electron chi connectivity index (χ2n) is 3.15. The fourth-order valence-electron chi connectivity index (χ4n) is 1.17. The van der Waals surface area contributed by atoms with Crippen molar-refractivity contribution in [2.24, 2.45) is 0 Å². The molecule has 3 N–H and O–H groups in total. The van der Waals surface area contributed by atoms with Crippen LogP contribution in [0.1, 0.15) is 16.2 Å². The molecule has 0 aliphatic heterocycles. The Balaban J connectivity index is 1.95. The van der Waals surface area contributed by atoms with Gasteiger partial charge in [-0.3, -0.25) is 4.79 Å². The summed E-state index contributed by atoms with van der Waals surface area (Å²) >= 11 is 0. The number of nitrogens with two attached hydrogens (primary N) is 1. The molecule has 1 amide bonds. The first-order valence-corrected chi connectivity index (χ1v) is 4.64. The first kappa shape index (κ1) is 10.2. The smallest absolute Gasteiger partial charge is 0.251 e. The summed E-state index contributed by atoms with van der Waals surface area (Å²) in [6, 6.07) is 6.65. The van der Waals surface area contributed by atoms with E-state index >= 15 is 0 Å². The molecule has 2 aromatic rings. The van der Waals surface area contributed by atoms with Crippen LogP contribution < -0.4 is 11.1 Å². The van der Waals surface area contributed by atoms with Gasteiger partial charge in [0.25, 0.3) is 5.91 Å². The standard InChI is InChI=1S/C10H10N4O2/c11-8-3-1-7(2-4-8)10(15)12-5-9-13-6-16-14-9/h1-4,6H,5,11H2,(H,12,15). The van der Waals surface area contributed by atoms with Gasteiger partial charge in [-0.2, -0.15) is 4.98 Å². The van der Waals surface area contributed by atoms with Crippen LogP contribution in [0.15, 0.2) is 35.2 Å². The number of nitrogens with one attached hydrogen (secondary N) is 1. The van der Waals surface area contributed by atoms with E-state index in [0.717, 1.165) is 0 Å². The summed E-state index contributed by atoms with van der Waals surface area (Å²) < 4.78 is 4.54. The lowest BCUT2D eigenvalue weighted by molar-refractivity contribution is 0.0949. The maximum Gasteiger partial charge on any atom is 0.251 e. The second-order valence-corrected chi connectivity index (χ2v) is 3.15. The topological polar surface area (TPSA) is 94.0 Å². The normalized spacial score (nSPS) is 10.0. The van der Waals surface area contributed by atoms with Gasteiger partial charge in [0.15, 0.2) is 5.82 Å². The fraction of sp³-hybridized carbons (Fsp3) is 0.100. The molecule has 0 radical (unpaired) electrons. The third-order valence-corrected chi connectivity index (χ3v) is 1.99. The molecule has 6 heteroatoms. The molecule has 0 unspecified atom stereocenters. The Hall–Kier alpha value is -2.37. The summed E-state index contributed by atoms with van der Waals surface area (Å²) in [6.45, 7) is 0.236. The van der Waals surface area contributed by atoms with Crippen molar-refractivity contribution < 1.29 is 9.32 Å². The van der Waals surface area contributed by atoms with E-state index in [9.17, 15) is 4.79 Å². The Morgan fingerprint density at radius 3 is 2.75 bits per heavy atom. The van der Waals surface area contributed by atoms with Gasteiger partial charge in [-0.25, -0.2) is 0 Å². The molecule has 1 aromatic carbocycles.